The Kier molecular flexibility index (Phi) is 4.41. The average Bonchev–Trinajstić information content (AvgIpc) is 2.18. The average molecular weight is 204 g/mol. The van der Waals surface area contributed by atoms with Crippen LogP contribution in [0.2, 0.25) is 0 Å². The van der Waals surface area contributed by atoms with Crippen molar-refractivity contribution < 1.29 is 4.74 Å². The Hall–Kier alpha value is -1.24. The number of hydrogen-bond acceptors (Lipinski definition) is 1. The molecule has 0 N–H and O–H groups in total. The molecule has 0 radical (unpaired) electrons. The second-order valence-electron chi connectivity index (χ2n) is 3.84. The Morgan fingerprint density at radius 3 is 2.60 bits per heavy atom. The first-order valence-electron chi connectivity index (χ1n) is 5.60. The highest BCUT2D eigenvalue weighted by molar-refractivity contribution is 5.57. The highest BCUT2D eigenvalue weighted by Gasteiger charge is 2.06. The molecular weight excluding hydrogens is 184 g/mol. The largest absolute Gasteiger partial charge is 0.491 e. The number of benzene rings is 1. The molecule has 0 saturated heterocycles. The summed E-state index contributed by atoms with van der Waals surface area (Å²) in [7, 11) is 0. The van der Waals surface area contributed by atoms with Crippen LogP contribution < -0.4 is 4.74 Å². The fourth-order valence-electron chi connectivity index (χ4n) is 1.66. The first kappa shape index (κ1) is 11.8. The van der Waals surface area contributed by atoms with Crippen molar-refractivity contribution in [3.05, 3.63) is 35.4 Å². The third-order valence-electron chi connectivity index (χ3n) is 2.23. The van der Waals surface area contributed by atoms with Gasteiger partial charge in [-0.15, -0.1) is 0 Å². The fourth-order valence-corrected chi connectivity index (χ4v) is 1.66. The van der Waals surface area contributed by atoms with Crippen molar-refractivity contribution in [2.45, 2.75) is 40.2 Å². The summed E-state index contributed by atoms with van der Waals surface area (Å²) in [6.45, 7) is 8.31. The van der Waals surface area contributed by atoms with Crippen LogP contribution in [0.1, 0.15) is 38.8 Å². The van der Waals surface area contributed by atoms with Gasteiger partial charge >= 0.3 is 0 Å². The van der Waals surface area contributed by atoms with E-state index in [0.717, 1.165) is 12.2 Å². The normalized spacial score (nSPS) is 11.3. The van der Waals surface area contributed by atoms with E-state index in [1.807, 2.05) is 19.1 Å². The monoisotopic (exact) mass is 204 g/mol. The molecule has 0 fully saturated rings. The molecule has 0 unspecified atom stereocenters. The first-order valence-corrected chi connectivity index (χ1v) is 5.60. The van der Waals surface area contributed by atoms with Gasteiger partial charge in [-0.05, 0) is 38.8 Å². The lowest BCUT2D eigenvalue weighted by molar-refractivity contribution is 0.240. The number of rotatable bonds is 4. The van der Waals surface area contributed by atoms with E-state index in [4.69, 9.17) is 4.74 Å². The van der Waals surface area contributed by atoms with Gasteiger partial charge in [-0.1, -0.05) is 31.2 Å². The van der Waals surface area contributed by atoms with Crippen LogP contribution in [-0.2, 0) is 6.42 Å². The van der Waals surface area contributed by atoms with Gasteiger partial charge in [-0.2, -0.15) is 0 Å². The molecule has 0 heterocycles. The van der Waals surface area contributed by atoms with Crippen LogP contribution in [0.4, 0.5) is 0 Å². The number of hydrogen-bond donors (Lipinski definition) is 0. The molecule has 1 nitrogen and oxygen atoms in total. The van der Waals surface area contributed by atoms with Crippen molar-refractivity contribution in [3.63, 3.8) is 0 Å². The smallest absolute Gasteiger partial charge is 0.123 e. The van der Waals surface area contributed by atoms with E-state index in [2.05, 4.69) is 39.0 Å². The number of allylic oxidation sites excluding steroid dienone is 1. The molecule has 1 aromatic carbocycles. The Balaban J connectivity index is 3.09. The summed E-state index contributed by atoms with van der Waals surface area (Å²) >= 11 is 0. The third-order valence-corrected chi connectivity index (χ3v) is 2.23. The van der Waals surface area contributed by atoms with Gasteiger partial charge in [-0.3, -0.25) is 0 Å². The number of ether oxygens (including phenoxy) is 1. The maximum absolute atomic E-state index is 5.79. The van der Waals surface area contributed by atoms with Crippen LogP contribution in [0.15, 0.2) is 24.3 Å². The zero-order chi connectivity index (χ0) is 11.3. The second kappa shape index (κ2) is 5.59. The lowest BCUT2D eigenvalue weighted by atomic mass is 10.0. The lowest BCUT2D eigenvalue weighted by Gasteiger charge is -2.15. The molecule has 82 valence electrons. The van der Waals surface area contributed by atoms with Gasteiger partial charge in [-0.25, -0.2) is 0 Å². The maximum Gasteiger partial charge on any atom is 0.123 e. The SMILES string of the molecule is CC=Cc1cccc(OC(C)C)c1CC. The summed E-state index contributed by atoms with van der Waals surface area (Å²) in [6.07, 6.45) is 5.43. The predicted octanol–water partition coefficient (Wildman–Crippen LogP) is 4.07. The van der Waals surface area contributed by atoms with Gasteiger partial charge < -0.3 is 4.74 Å². The molecule has 0 aliphatic rings. The van der Waals surface area contributed by atoms with Crippen molar-refractivity contribution in [3.8, 4) is 5.75 Å². The molecule has 1 rings (SSSR count). The summed E-state index contributed by atoms with van der Waals surface area (Å²) in [6, 6.07) is 6.23. The highest BCUT2D eigenvalue weighted by atomic mass is 16.5. The van der Waals surface area contributed by atoms with Gasteiger partial charge in [0.25, 0.3) is 0 Å². The topological polar surface area (TPSA) is 9.23 Å². The van der Waals surface area contributed by atoms with Gasteiger partial charge in [0.1, 0.15) is 5.75 Å². The van der Waals surface area contributed by atoms with E-state index in [1.165, 1.54) is 11.1 Å². The van der Waals surface area contributed by atoms with Gasteiger partial charge in [0.2, 0.25) is 0 Å². The highest BCUT2D eigenvalue weighted by Crippen LogP contribution is 2.25. The Morgan fingerprint density at radius 1 is 1.33 bits per heavy atom. The van der Waals surface area contributed by atoms with E-state index in [0.29, 0.717) is 0 Å². The molecule has 0 aromatic heterocycles. The molecular formula is C14H20O. The zero-order valence-corrected chi connectivity index (χ0v) is 10.1. The quantitative estimate of drug-likeness (QED) is 0.718. The van der Waals surface area contributed by atoms with Crippen molar-refractivity contribution in [2.75, 3.05) is 0 Å². The van der Waals surface area contributed by atoms with Gasteiger partial charge in [0, 0.05) is 5.56 Å². The fraction of sp³-hybridized carbons (Fsp3) is 0.429. The van der Waals surface area contributed by atoms with E-state index in [-0.39, 0.29) is 6.10 Å². The van der Waals surface area contributed by atoms with Crippen LogP contribution in [0.5, 0.6) is 5.75 Å². The van der Waals surface area contributed by atoms with Crippen LogP contribution in [-0.4, -0.2) is 6.10 Å². The van der Waals surface area contributed by atoms with Crippen LogP contribution in [0.3, 0.4) is 0 Å². The van der Waals surface area contributed by atoms with Crippen molar-refractivity contribution in [1.29, 1.82) is 0 Å². The molecule has 15 heavy (non-hydrogen) atoms. The lowest BCUT2D eigenvalue weighted by Crippen LogP contribution is -2.07. The summed E-state index contributed by atoms with van der Waals surface area (Å²) in [5.41, 5.74) is 2.56. The Bertz CT molecular complexity index is 337. The third kappa shape index (κ3) is 3.12. The predicted molar refractivity (Wildman–Crippen MR) is 66.3 cm³/mol. The maximum atomic E-state index is 5.79. The van der Waals surface area contributed by atoms with Crippen LogP contribution in [0, 0.1) is 0 Å². The minimum Gasteiger partial charge on any atom is -0.491 e. The van der Waals surface area contributed by atoms with Crippen LogP contribution in [0.25, 0.3) is 6.08 Å². The first-order chi connectivity index (χ1) is 7.19. The molecule has 1 aromatic rings. The summed E-state index contributed by atoms with van der Waals surface area (Å²) in [5, 5.41) is 0. The van der Waals surface area contributed by atoms with Crippen molar-refractivity contribution in [2.24, 2.45) is 0 Å². The van der Waals surface area contributed by atoms with Gasteiger partial charge in [0.05, 0.1) is 6.10 Å². The molecule has 0 aliphatic carbocycles. The molecule has 0 saturated carbocycles. The standard InChI is InChI=1S/C14H20O/c1-5-8-12-9-7-10-14(13(12)6-2)15-11(3)4/h5,7-11H,6H2,1-4H3. The second-order valence-corrected chi connectivity index (χ2v) is 3.84. The minimum atomic E-state index is 0.233. The van der Waals surface area contributed by atoms with E-state index >= 15 is 0 Å². The Morgan fingerprint density at radius 2 is 2.07 bits per heavy atom. The summed E-state index contributed by atoms with van der Waals surface area (Å²) < 4.78 is 5.79. The van der Waals surface area contributed by atoms with E-state index < -0.39 is 0 Å². The summed E-state index contributed by atoms with van der Waals surface area (Å²) in [5.74, 6) is 1.02. The van der Waals surface area contributed by atoms with Crippen molar-refractivity contribution in [1.82, 2.24) is 0 Å². The van der Waals surface area contributed by atoms with E-state index in [9.17, 15) is 0 Å². The molecule has 0 atom stereocenters. The Labute approximate surface area is 92.8 Å². The van der Waals surface area contributed by atoms with Gasteiger partial charge in [0.15, 0.2) is 0 Å². The van der Waals surface area contributed by atoms with Crippen molar-refractivity contribution >= 4 is 6.08 Å². The van der Waals surface area contributed by atoms with Crippen LogP contribution >= 0.6 is 0 Å². The minimum absolute atomic E-state index is 0.233. The molecule has 0 spiro atoms. The zero-order valence-electron chi connectivity index (χ0n) is 10.1. The molecule has 0 aliphatic heterocycles. The summed E-state index contributed by atoms with van der Waals surface area (Å²) in [4.78, 5) is 0. The molecule has 0 amide bonds. The van der Waals surface area contributed by atoms with E-state index in [1.54, 1.807) is 0 Å². The molecule has 1 heteroatoms. The molecule has 0 bridgehead atoms.